The van der Waals surface area contributed by atoms with E-state index in [9.17, 15) is 20.2 Å². The lowest BCUT2D eigenvalue weighted by molar-refractivity contribution is -0.385. The van der Waals surface area contributed by atoms with Crippen LogP contribution in [-0.2, 0) is 26.2 Å². The predicted octanol–water partition coefficient (Wildman–Crippen LogP) is 7.75. The van der Waals surface area contributed by atoms with Crippen molar-refractivity contribution >= 4 is 11.4 Å². The molecule has 4 aromatic carbocycles. The van der Waals surface area contributed by atoms with E-state index < -0.39 is 9.85 Å². The SMILES string of the molecule is CN(Cc1ccc(Oc2ccc([N+](=O)[O-])cc2)cc1)Cc1cccc(CN(C)Cc2ccc(Oc3ccc([N+](=O)[O-])cc3)cc2)n1. The fourth-order valence-corrected chi connectivity index (χ4v) is 4.86. The van der Waals surface area contributed by atoms with Gasteiger partial charge in [0.05, 0.1) is 21.2 Å². The van der Waals surface area contributed by atoms with Crippen LogP contribution in [0.1, 0.15) is 22.5 Å². The van der Waals surface area contributed by atoms with Crippen LogP contribution in [0.4, 0.5) is 11.4 Å². The van der Waals surface area contributed by atoms with E-state index in [2.05, 4.69) is 23.9 Å². The van der Waals surface area contributed by atoms with Gasteiger partial charge in [-0.1, -0.05) is 30.3 Å². The molecule has 0 spiro atoms. The first-order valence-corrected chi connectivity index (χ1v) is 14.5. The molecule has 0 fully saturated rings. The number of nitrogens with zero attached hydrogens (tertiary/aromatic N) is 5. The average Bonchev–Trinajstić information content (AvgIpc) is 3.03. The fourth-order valence-electron chi connectivity index (χ4n) is 4.86. The summed E-state index contributed by atoms with van der Waals surface area (Å²) < 4.78 is 11.6. The van der Waals surface area contributed by atoms with Crippen molar-refractivity contribution in [2.75, 3.05) is 14.1 Å². The highest BCUT2D eigenvalue weighted by Gasteiger charge is 2.10. The first-order chi connectivity index (χ1) is 22.2. The number of ether oxygens (including phenoxy) is 2. The fraction of sp³-hybridized carbons (Fsp3) is 0.171. The number of nitro groups is 2. The third-order valence-electron chi connectivity index (χ3n) is 7.05. The van der Waals surface area contributed by atoms with Gasteiger partial charge in [-0.05, 0) is 85.9 Å². The highest BCUT2D eigenvalue weighted by Crippen LogP contribution is 2.26. The van der Waals surface area contributed by atoms with Crippen molar-refractivity contribution in [2.24, 2.45) is 0 Å². The van der Waals surface area contributed by atoms with Crippen molar-refractivity contribution in [2.45, 2.75) is 26.2 Å². The van der Waals surface area contributed by atoms with Crippen LogP contribution < -0.4 is 9.47 Å². The Labute approximate surface area is 266 Å². The Morgan fingerprint density at radius 1 is 0.522 bits per heavy atom. The van der Waals surface area contributed by atoms with Gasteiger partial charge in [0.15, 0.2) is 0 Å². The van der Waals surface area contributed by atoms with Crippen molar-refractivity contribution in [3.05, 3.63) is 158 Å². The molecule has 0 radical (unpaired) electrons. The monoisotopic (exact) mass is 619 g/mol. The molecule has 0 aliphatic heterocycles. The minimum atomic E-state index is -0.437. The first-order valence-electron chi connectivity index (χ1n) is 14.5. The number of benzene rings is 4. The molecule has 1 heterocycles. The second-order valence-electron chi connectivity index (χ2n) is 11.0. The summed E-state index contributed by atoms with van der Waals surface area (Å²) in [6.07, 6.45) is 0. The van der Waals surface area contributed by atoms with Crippen LogP contribution in [0.2, 0.25) is 0 Å². The molecule has 234 valence electrons. The van der Waals surface area contributed by atoms with E-state index in [1.54, 1.807) is 24.3 Å². The van der Waals surface area contributed by atoms with Gasteiger partial charge in [0.2, 0.25) is 0 Å². The third kappa shape index (κ3) is 9.18. The molecule has 46 heavy (non-hydrogen) atoms. The third-order valence-corrected chi connectivity index (χ3v) is 7.05. The Kier molecular flexibility index (Phi) is 10.3. The number of rotatable bonds is 14. The van der Waals surface area contributed by atoms with E-state index >= 15 is 0 Å². The smallest absolute Gasteiger partial charge is 0.269 e. The molecule has 0 aliphatic rings. The van der Waals surface area contributed by atoms with Crippen molar-refractivity contribution in [3.63, 3.8) is 0 Å². The zero-order valence-electron chi connectivity index (χ0n) is 25.5. The maximum Gasteiger partial charge on any atom is 0.269 e. The number of hydrogen-bond donors (Lipinski definition) is 0. The number of pyridine rings is 1. The molecule has 0 bridgehead atoms. The molecule has 0 saturated carbocycles. The molecule has 5 aromatic rings. The van der Waals surface area contributed by atoms with E-state index in [0.717, 1.165) is 35.6 Å². The zero-order valence-corrected chi connectivity index (χ0v) is 25.5. The number of aromatic nitrogens is 1. The van der Waals surface area contributed by atoms with Crippen LogP contribution in [-0.4, -0.2) is 38.7 Å². The van der Waals surface area contributed by atoms with Gasteiger partial charge in [0, 0.05) is 50.4 Å². The van der Waals surface area contributed by atoms with Gasteiger partial charge in [-0.2, -0.15) is 0 Å². The van der Waals surface area contributed by atoms with E-state index in [4.69, 9.17) is 14.5 Å². The molecule has 0 atom stereocenters. The maximum absolute atomic E-state index is 10.8. The topological polar surface area (TPSA) is 124 Å². The minimum absolute atomic E-state index is 0.0237. The summed E-state index contributed by atoms with van der Waals surface area (Å²) in [5, 5.41) is 21.7. The van der Waals surface area contributed by atoms with Gasteiger partial charge in [0.1, 0.15) is 23.0 Å². The number of nitro benzene ring substituents is 2. The van der Waals surface area contributed by atoms with Gasteiger partial charge in [-0.3, -0.25) is 35.0 Å². The lowest BCUT2D eigenvalue weighted by Gasteiger charge is -2.19. The Morgan fingerprint density at radius 3 is 1.17 bits per heavy atom. The Morgan fingerprint density at radius 2 is 0.848 bits per heavy atom. The Hall–Kier alpha value is -5.65. The lowest BCUT2D eigenvalue weighted by atomic mass is 10.2. The molecule has 0 aliphatic carbocycles. The Bertz CT molecular complexity index is 1630. The molecule has 11 heteroatoms. The van der Waals surface area contributed by atoms with Crippen molar-refractivity contribution in [3.8, 4) is 23.0 Å². The maximum atomic E-state index is 10.8. The van der Waals surface area contributed by atoms with Crippen LogP contribution in [0.5, 0.6) is 23.0 Å². The van der Waals surface area contributed by atoms with Gasteiger partial charge in [-0.15, -0.1) is 0 Å². The molecule has 0 N–H and O–H groups in total. The zero-order chi connectivity index (χ0) is 32.5. The van der Waals surface area contributed by atoms with Crippen LogP contribution in [0.15, 0.2) is 115 Å². The van der Waals surface area contributed by atoms with E-state index in [1.807, 2.05) is 66.7 Å². The molecular formula is C35H33N5O6. The van der Waals surface area contributed by atoms with Gasteiger partial charge >= 0.3 is 0 Å². The lowest BCUT2D eigenvalue weighted by Crippen LogP contribution is -2.20. The second kappa shape index (κ2) is 14.9. The van der Waals surface area contributed by atoms with Crippen LogP contribution >= 0.6 is 0 Å². The molecule has 11 nitrogen and oxygen atoms in total. The minimum Gasteiger partial charge on any atom is -0.457 e. The van der Waals surface area contributed by atoms with Crippen molar-refractivity contribution in [1.29, 1.82) is 0 Å². The van der Waals surface area contributed by atoms with E-state index in [0.29, 0.717) is 36.1 Å². The largest absolute Gasteiger partial charge is 0.457 e. The number of hydrogen-bond acceptors (Lipinski definition) is 9. The summed E-state index contributed by atoms with van der Waals surface area (Å²) in [5.41, 5.74) is 4.27. The van der Waals surface area contributed by atoms with Crippen molar-refractivity contribution < 1.29 is 19.3 Å². The van der Waals surface area contributed by atoms with Crippen LogP contribution in [0.25, 0.3) is 0 Å². The van der Waals surface area contributed by atoms with E-state index in [1.165, 1.54) is 24.3 Å². The Balaban J connectivity index is 1.08. The van der Waals surface area contributed by atoms with Gasteiger partial charge < -0.3 is 9.47 Å². The summed E-state index contributed by atoms with van der Waals surface area (Å²) in [6, 6.07) is 33.7. The second-order valence-corrected chi connectivity index (χ2v) is 11.0. The molecule has 1 aromatic heterocycles. The average molecular weight is 620 g/mol. The summed E-state index contributed by atoms with van der Waals surface area (Å²) in [7, 11) is 4.10. The highest BCUT2D eigenvalue weighted by atomic mass is 16.6. The molecule has 0 unspecified atom stereocenters. The summed E-state index contributed by atoms with van der Waals surface area (Å²) in [4.78, 5) is 30.1. The normalized spacial score (nSPS) is 11.0. The van der Waals surface area contributed by atoms with Crippen LogP contribution in [0.3, 0.4) is 0 Å². The predicted molar refractivity (Wildman–Crippen MR) is 174 cm³/mol. The highest BCUT2D eigenvalue weighted by molar-refractivity contribution is 5.40. The first kappa shape index (κ1) is 31.8. The van der Waals surface area contributed by atoms with Crippen molar-refractivity contribution in [1.82, 2.24) is 14.8 Å². The summed E-state index contributed by atoms with van der Waals surface area (Å²) >= 11 is 0. The number of non-ortho nitro benzene ring substituents is 2. The quantitative estimate of drug-likeness (QED) is 0.0906. The van der Waals surface area contributed by atoms with Gasteiger partial charge in [-0.25, -0.2) is 0 Å². The molecular weight excluding hydrogens is 586 g/mol. The van der Waals surface area contributed by atoms with E-state index in [-0.39, 0.29) is 11.4 Å². The standard InChI is InChI=1S/C35H33N5O6/c1-37(22-26-6-14-32(15-7-26)45-34-18-10-30(11-19-34)39(41)42)24-28-4-3-5-29(36-28)25-38(2)23-27-8-16-33(17-9-27)46-35-20-12-31(13-21-35)40(43)44/h3-21H,22-25H2,1-2H3. The molecule has 5 rings (SSSR count). The molecule has 0 saturated heterocycles. The van der Waals surface area contributed by atoms with Crippen LogP contribution in [0, 0.1) is 20.2 Å². The summed E-state index contributed by atoms with van der Waals surface area (Å²) in [5.74, 6) is 2.39. The summed E-state index contributed by atoms with van der Waals surface area (Å²) in [6.45, 7) is 2.84. The molecule has 0 amide bonds. The van der Waals surface area contributed by atoms with Gasteiger partial charge in [0.25, 0.3) is 11.4 Å².